The molecule has 0 aliphatic heterocycles. The number of hydrogen-bond acceptors (Lipinski definition) is 1. The van der Waals surface area contributed by atoms with Crippen molar-refractivity contribution in [3.05, 3.63) is 41.0 Å². The second-order valence-electron chi connectivity index (χ2n) is 2.85. The molecule has 1 heterocycles. The SMILES string of the molecule is Cc1ccc2cc(Cl)cnc2c1. The first kappa shape index (κ1) is 7.56. The lowest BCUT2D eigenvalue weighted by Gasteiger charge is -1.98. The van der Waals surface area contributed by atoms with E-state index in [0.717, 1.165) is 10.9 Å². The Labute approximate surface area is 76.0 Å². The number of fused-ring (bicyclic) bond motifs is 1. The summed E-state index contributed by atoms with van der Waals surface area (Å²) in [6.07, 6.45) is 1.67. The van der Waals surface area contributed by atoms with E-state index in [-0.39, 0.29) is 0 Å². The molecule has 1 aromatic heterocycles. The van der Waals surface area contributed by atoms with Crippen LogP contribution in [0.5, 0.6) is 0 Å². The summed E-state index contributed by atoms with van der Waals surface area (Å²) in [5.74, 6) is 0. The minimum Gasteiger partial charge on any atom is -0.255 e. The molecule has 0 saturated carbocycles. The molecule has 0 aliphatic carbocycles. The van der Waals surface area contributed by atoms with Crippen molar-refractivity contribution in [2.75, 3.05) is 0 Å². The molecular weight excluding hydrogens is 170 g/mol. The van der Waals surface area contributed by atoms with Crippen LogP contribution in [0.3, 0.4) is 0 Å². The van der Waals surface area contributed by atoms with E-state index in [1.807, 2.05) is 18.2 Å². The molecule has 0 spiro atoms. The molecule has 0 amide bonds. The third kappa shape index (κ3) is 1.28. The maximum absolute atomic E-state index is 5.80. The van der Waals surface area contributed by atoms with E-state index >= 15 is 0 Å². The number of pyridine rings is 1. The predicted molar refractivity (Wildman–Crippen MR) is 51.5 cm³/mol. The fourth-order valence-corrected chi connectivity index (χ4v) is 1.37. The minimum atomic E-state index is 0.686. The van der Waals surface area contributed by atoms with Crippen molar-refractivity contribution >= 4 is 22.5 Å². The summed E-state index contributed by atoms with van der Waals surface area (Å²) >= 11 is 5.80. The largest absolute Gasteiger partial charge is 0.255 e. The third-order valence-corrected chi connectivity index (χ3v) is 2.01. The molecule has 0 bridgehead atoms. The molecule has 0 N–H and O–H groups in total. The Bertz CT molecular complexity index is 382. The average Bonchev–Trinajstić information content (AvgIpc) is 2.05. The van der Waals surface area contributed by atoms with Crippen LogP contribution >= 0.6 is 11.6 Å². The monoisotopic (exact) mass is 177 g/mol. The number of hydrogen-bond donors (Lipinski definition) is 0. The van der Waals surface area contributed by atoms with Crippen LogP contribution in [-0.2, 0) is 0 Å². The van der Waals surface area contributed by atoms with E-state index in [0.29, 0.717) is 5.02 Å². The quantitative estimate of drug-likeness (QED) is 0.602. The Morgan fingerprint density at radius 1 is 1.25 bits per heavy atom. The van der Waals surface area contributed by atoms with E-state index in [9.17, 15) is 0 Å². The molecule has 2 aromatic rings. The van der Waals surface area contributed by atoms with Gasteiger partial charge in [0.15, 0.2) is 0 Å². The summed E-state index contributed by atoms with van der Waals surface area (Å²) in [6.45, 7) is 2.05. The van der Waals surface area contributed by atoms with Crippen LogP contribution in [0.25, 0.3) is 10.9 Å². The van der Waals surface area contributed by atoms with Gasteiger partial charge in [-0.15, -0.1) is 0 Å². The predicted octanol–water partition coefficient (Wildman–Crippen LogP) is 3.20. The second kappa shape index (κ2) is 2.76. The summed E-state index contributed by atoms with van der Waals surface area (Å²) in [5, 5.41) is 1.78. The average molecular weight is 178 g/mol. The lowest BCUT2D eigenvalue weighted by atomic mass is 10.1. The Morgan fingerprint density at radius 2 is 2.08 bits per heavy atom. The fraction of sp³-hybridized carbons (Fsp3) is 0.100. The molecule has 0 saturated heterocycles. The van der Waals surface area contributed by atoms with Gasteiger partial charge in [-0.05, 0) is 24.6 Å². The first-order chi connectivity index (χ1) is 5.75. The minimum absolute atomic E-state index is 0.686. The van der Waals surface area contributed by atoms with Crippen LogP contribution < -0.4 is 0 Å². The normalized spacial score (nSPS) is 10.5. The lowest BCUT2D eigenvalue weighted by Crippen LogP contribution is -1.79. The molecular formula is C10H8ClN. The van der Waals surface area contributed by atoms with E-state index in [4.69, 9.17) is 11.6 Å². The van der Waals surface area contributed by atoms with Crippen molar-refractivity contribution in [2.24, 2.45) is 0 Å². The molecule has 0 fully saturated rings. The Morgan fingerprint density at radius 3 is 2.92 bits per heavy atom. The first-order valence-corrected chi connectivity index (χ1v) is 4.15. The molecule has 12 heavy (non-hydrogen) atoms. The highest BCUT2D eigenvalue weighted by Gasteiger charge is 1.95. The molecule has 2 heteroatoms. The lowest BCUT2D eigenvalue weighted by molar-refractivity contribution is 1.39. The molecule has 0 atom stereocenters. The van der Waals surface area contributed by atoms with E-state index < -0.39 is 0 Å². The zero-order valence-corrected chi connectivity index (χ0v) is 7.47. The second-order valence-corrected chi connectivity index (χ2v) is 3.29. The summed E-state index contributed by atoms with van der Waals surface area (Å²) in [4.78, 5) is 4.21. The van der Waals surface area contributed by atoms with Gasteiger partial charge < -0.3 is 0 Å². The first-order valence-electron chi connectivity index (χ1n) is 3.77. The zero-order valence-electron chi connectivity index (χ0n) is 6.71. The topological polar surface area (TPSA) is 12.9 Å². The Hall–Kier alpha value is -1.08. The van der Waals surface area contributed by atoms with Gasteiger partial charge in [-0.2, -0.15) is 0 Å². The molecule has 2 rings (SSSR count). The number of benzene rings is 1. The zero-order chi connectivity index (χ0) is 8.55. The van der Waals surface area contributed by atoms with Crippen LogP contribution in [-0.4, -0.2) is 4.98 Å². The number of rotatable bonds is 0. The Balaban J connectivity index is 2.79. The highest BCUT2D eigenvalue weighted by atomic mass is 35.5. The van der Waals surface area contributed by atoms with Crippen molar-refractivity contribution in [1.82, 2.24) is 4.98 Å². The number of halogens is 1. The molecule has 60 valence electrons. The summed E-state index contributed by atoms with van der Waals surface area (Å²) in [6, 6.07) is 8.05. The molecule has 0 aliphatic rings. The maximum atomic E-state index is 5.80. The van der Waals surface area contributed by atoms with Gasteiger partial charge >= 0.3 is 0 Å². The number of aryl methyl sites for hydroxylation is 1. The van der Waals surface area contributed by atoms with Crippen LogP contribution in [0.1, 0.15) is 5.56 Å². The number of aromatic nitrogens is 1. The van der Waals surface area contributed by atoms with E-state index in [2.05, 4.69) is 18.0 Å². The van der Waals surface area contributed by atoms with Gasteiger partial charge in [0, 0.05) is 11.6 Å². The van der Waals surface area contributed by atoms with Crippen molar-refractivity contribution in [1.29, 1.82) is 0 Å². The molecule has 0 unspecified atom stereocenters. The molecule has 1 aromatic carbocycles. The smallest absolute Gasteiger partial charge is 0.0705 e. The van der Waals surface area contributed by atoms with Gasteiger partial charge in [-0.3, -0.25) is 4.98 Å². The van der Waals surface area contributed by atoms with Crippen LogP contribution in [0.15, 0.2) is 30.5 Å². The van der Waals surface area contributed by atoms with Crippen molar-refractivity contribution in [2.45, 2.75) is 6.92 Å². The van der Waals surface area contributed by atoms with Crippen molar-refractivity contribution in [3.63, 3.8) is 0 Å². The standard InChI is InChI=1S/C10H8ClN/c1-7-2-3-8-5-9(11)6-12-10(8)4-7/h2-6H,1H3. The number of nitrogens with zero attached hydrogens (tertiary/aromatic N) is 1. The van der Waals surface area contributed by atoms with E-state index in [1.54, 1.807) is 6.20 Å². The third-order valence-electron chi connectivity index (χ3n) is 1.81. The van der Waals surface area contributed by atoms with Gasteiger partial charge in [0.05, 0.1) is 10.5 Å². The van der Waals surface area contributed by atoms with Crippen LogP contribution in [0, 0.1) is 6.92 Å². The van der Waals surface area contributed by atoms with E-state index in [1.165, 1.54) is 5.56 Å². The highest BCUT2D eigenvalue weighted by molar-refractivity contribution is 6.31. The maximum Gasteiger partial charge on any atom is 0.0705 e. The van der Waals surface area contributed by atoms with Crippen LogP contribution in [0.4, 0.5) is 0 Å². The highest BCUT2D eigenvalue weighted by Crippen LogP contribution is 2.17. The fourth-order valence-electron chi connectivity index (χ4n) is 1.20. The van der Waals surface area contributed by atoms with Crippen molar-refractivity contribution in [3.8, 4) is 0 Å². The Kier molecular flexibility index (Phi) is 1.74. The summed E-state index contributed by atoms with van der Waals surface area (Å²) < 4.78 is 0. The molecule has 1 nitrogen and oxygen atoms in total. The van der Waals surface area contributed by atoms with Gasteiger partial charge in [-0.25, -0.2) is 0 Å². The van der Waals surface area contributed by atoms with Crippen molar-refractivity contribution < 1.29 is 0 Å². The van der Waals surface area contributed by atoms with Gasteiger partial charge in [0.1, 0.15) is 0 Å². The molecule has 0 radical (unpaired) electrons. The van der Waals surface area contributed by atoms with Gasteiger partial charge in [-0.1, -0.05) is 23.7 Å². The summed E-state index contributed by atoms with van der Waals surface area (Å²) in [5.41, 5.74) is 2.22. The van der Waals surface area contributed by atoms with Crippen LogP contribution in [0.2, 0.25) is 5.02 Å². The van der Waals surface area contributed by atoms with Gasteiger partial charge in [0.2, 0.25) is 0 Å². The summed E-state index contributed by atoms with van der Waals surface area (Å²) in [7, 11) is 0. The van der Waals surface area contributed by atoms with Gasteiger partial charge in [0.25, 0.3) is 0 Å².